The molecule has 3 aromatic rings. The maximum absolute atomic E-state index is 13.4. The molecule has 3 nitrogen and oxygen atoms in total. The van der Waals surface area contributed by atoms with Crippen LogP contribution in [0.4, 0.5) is 5.69 Å². The van der Waals surface area contributed by atoms with Gasteiger partial charge >= 0.3 is 0 Å². The first-order valence-corrected chi connectivity index (χ1v) is 9.85. The standard InChI is InChI=1S/C24H20ClNO2/c1-2-3-14-26-20-13-12-17(15-8-10-16(25)11-9-15)21-22(20)24(28)19-7-5-4-6-18(19)23(21)27/h4-13,26H,2-3,14H2,1H3. The molecule has 0 unspecified atom stereocenters. The van der Waals surface area contributed by atoms with E-state index < -0.39 is 0 Å². The Kier molecular flexibility index (Phi) is 5.01. The fourth-order valence-corrected chi connectivity index (χ4v) is 3.77. The highest BCUT2D eigenvalue weighted by Gasteiger charge is 2.33. The van der Waals surface area contributed by atoms with Crippen LogP contribution in [-0.2, 0) is 0 Å². The minimum Gasteiger partial charge on any atom is -0.384 e. The largest absolute Gasteiger partial charge is 0.384 e. The van der Waals surface area contributed by atoms with Gasteiger partial charge in [-0.2, -0.15) is 0 Å². The van der Waals surface area contributed by atoms with E-state index in [9.17, 15) is 9.59 Å². The second-order valence-electron chi connectivity index (χ2n) is 6.90. The van der Waals surface area contributed by atoms with Gasteiger partial charge in [0.25, 0.3) is 0 Å². The van der Waals surface area contributed by atoms with E-state index in [2.05, 4.69) is 12.2 Å². The number of carbonyl (C=O) groups is 2. The van der Waals surface area contributed by atoms with Gasteiger partial charge in [-0.3, -0.25) is 9.59 Å². The third-order valence-electron chi connectivity index (χ3n) is 5.08. The highest BCUT2D eigenvalue weighted by atomic mass is 35.5. The summed E-state index contributed by atoms with van der Waals surface area (Å²) in [5, 5.41) is 3.98. The van der Waals surface area contributed by atoms with Gasteiger partial charge in [0.05, 0.1) is 5.56 Å². The van der Waals surface area contributed by atoms with E-state index in [1.54, 1.807) is 36.4 Å². The number of benzene rings is 3. The van der Waals surface area contributed by atoms with Crippen molar-refractivity contribution >= 4 is 28.9 Å². The molecule has 0 amide bonds. The van der Waals surface area contributed by atoms with Gasteiger partial charge in [-0.05, 0) is 35.7 Å². The number of hydrogen-bond acceptors (Lipinski definition) is 3. The van der Waals surface area contributed by atoms with Gasteiger partial charge in [0, 0.05) is 33.9 Å². The Morgan fingerprint density at radius 2 is 1.43 bits per heavy atom. The molecular formula is C24H20ClNO2. The smallest absolute Gasteiger partial charge is 0.196 e. The summed E-state index contributed by atoms with van der Waals surface area (Å²) in [6, 6.07) is 18.2. The summed E-state index contributed by atoms with van der Waals surface area (Å²) in [6.07, 6.45) is 2.04. The average molecular weight is 390 g/mol. The molecule has 0 spiro atoms. The van der Waals surface area contributed by atoms with Gasteiger partial charge in [-0.1, -0.05) is 67.4 Å². The van der Waals surface area contributed by atoms with E-state index in [1.165, 1.54) is 0 Å². The van der Waals surface area contributed by atoms with E-state index >= 15 is 0 Å². The zero-order valence-electron chi connectivity index (χ0n) is 15.6. The summed E-state index contributed by atoms with van der Waals surface area (Å²) in [6.45, 7) is 2.87. The molecule has 0 saturated carbocycles. The fourth-order valence-electron chi connectivity index (χ4n) is 3.64. The van der Waals surface area contributed by atoms with Crippen LogP contribution in [0, 0.1) is 0 Å². The summed E-state index contributed by atoms with van der Waals surface area (Å²) >= 11 is 6.03. The molecular weight excluding hydrogens is 370 g/mol. The molecule has 28 heavy (non-hydrogen) atoms. The summed E-state index contributed by atoms with van der Waals surface area (Å²) in [4.78, 5) is 26.7. The van der Waals surface area contributed by atoms with E-state index in [4.69, 9.17) is 11.6 Å². The molecule has 140 valence electrons. The Labute approximate surface area is 169 Å². The van der Waals surface area contributed by atoms with E-state index in [0.29, 0.717) is 33.0 Å². The number of carbonyl (C=O) groups excluding carboxylic acids is 2. The van der Waals surface area contributed by atoms with Crippen LogP contribution in [0.2, 0.25) is 5.02 Å². The monoisotopic (exact) mass is 389 g/mol. The fraction of sp³-hybridized carbons (Fsp3) is 0.167. The van der Waals surface area contributed by atoms with Crippen molar-refractivity contribution in [3.8, 4) is 11.1 Å². The van der Waals surface area contributed by atoms with Gasteiger partial charge in [0.2, 0.25) is 0 Å². The Bertz CT molecular complexity index is 1070. The van der Waals surface area contributed by atoms with Crippen LogP contribution < -0.4 is 5.32 Å². The molecule has 0 aliphatic heterocycles. The van der Waals surface area contributed by atoms with Crippen molar-refractivity contribution in [2.75, 3.05) is 11.9 Å². The number of nitrogens with one attached hydrogen (secondary N) is 1. The molecule has 0 fully saturated rings. The second kappa shape index (κ2) is 7.61. The van der Waals surface area contributed by atoms with Crippen molar-refractivity contribution in [1.82, 2.24) is 0 Å². The van der Waals surface area contributed by atoms with Crippen molar-refractivity contribution in [1.29, 1.82) is 0 Å². The third kappa shape index (κ3) is 3.12. The first-order valence-electron chi connectivity index (χ1n) is 9.47. The Morgan fingerprint density at radius 1 is 0.786 bits per heavy atom. The van der Waals surface area contributed by atoms with Gasteiger partial charge in [-0.15, -0.1) is 0 Å². The quantitative estimate of drug-likeness (QED) is 0.426. The lowest BCUT2D eigenvalue weighted by Gasteiger charge is -2.23. The van der Waals surface area contributed by atoms with Gasteiger partial charge in [0.15, 0.2) is 11.6 Å². The van der Waals surface area contributed by atoms with Crippen LogP contribution in [0.1, 0.15) is 51.6 Å². The number of rotatable bonds is 5. The number of ketones is 2. The molecule has 3 aromatic carbocycles. The minimum absolute atomic E-state index is 0.111. The van der Waals surface area contributed by atoms with Crippen LogP contribution >= 0.6 is 11.6 Å². The summed E-state index contributed by atoms with van der Waals surface area (Å²) in [5.74, 6) is -0.227. The predicted molar refractivity (Wildman–Crippen MR) is 114 cm³/mol. The van der Waals surface area contributed by atoms with Crippen LogP contribution in [0.15, 0.2) is 60.7 Å². The molecule has 4 rings (SSSR count). The van der Waals surface area contributed by atoms with Gasteiger partial charge in [0.1, 0.15) is 0 Å². The first kappa shape index (κ1) is 18.5. The van der Waals surface area contributed by atoms with Crippen molar-refractivity contribution < 1.29 is 9.59 Å². The Balaban J connectivity index is 1.93. The van der Waals surface area contributed by atoms with Crippen LogP contribution in [0.25, 0.3) is 11.1 Å². The van der Waals surface area contributed by atoms with E-state index in [-0.39, 0.29) is 11.6 Å². The van der Waals surface area contributed by atoms with Crippen LogP contribution in [0.5, 0.6) is 0 Å². The number of halogens is 1. The highest BCUT2D eigenvalue weighted by Crippen LogP contribution is 2.38. The second-order valence-corrected chi connectivity index (χ2v) is 7.34. The molecule has 0 atom stereocenters. The van der Waals surface area contributed by atoms with Gasteiger partial charge < -0.3 is 5.32 Å². The summed E-state index contributed by atoms with van der Waals surface area (Å²) in [5.41, 5.74) is 4.18. The van der Waals surface area contributed by atoms with Crippen LogP contribution in [0.3, 0.4) is 0 Å². The SMILES string of the molecule is CCCCNc1ccc(-c2ccc(Cl)cc2)c2c1C(=O)c1ccccc1C2=O. The van der Waals surface area contributed by atoms with Crippen molar-refractivity contribution in [2.24, 2.45) is 0 Å². The third-order valence-corrected chi connectivity index (χ3v) is 5.33. The predicted octanol–water partition coefficient (Wildman–Crippen LogP) is 5.99. The number of fused-ring (bicyclic) bond motifs is 2. The highest BCUT2D eigenvalue weighted by molar-refractivity contribution is 6.32. The molecule has 0 radical (unpaired) electrons. The Hall–Kier alpha value is -2.91. The minimum atomic E-state index is -0.116. The molecule has 1 aliphatic rings. The molecule has 4 heteroatoms. The van der Waals surface area contributed by atoms with E-state index in [1.807, 2.05) is 24.3 Å². The Morgan fingerprint density at radius 3 is 2.07 bits per heavy atom. The first-order chi connectivity index (χ1) is 13.6. The average Bonchev–Trinajstić information content (AvgIpc) is 2.72. The van der Waals surface area contributed by atoms with Gasteiger partial charge in [-0.25, -0.2) is 0 Å². The lowest BCUT2D eigenvalue weighted by molar-refractivity contribution is 0.0980. The molecule has 0 bridgehead atoms. The summed E-state index contributed by atoms with van der Waals surface area (Å²) < 4.78 is 0. The summed E-state index contributed by atoms with van der Waals surface area (Å²) in [7, 11) is 0. The lowest BCUT2D eigenvalue weighted by atomic mass is 9.79. The molecule has 0 heterocycles. The molecule has 1 aliphatic carbocycles. The number of unbranched alkanes of at least 4 members (excludes halogenated alkanes) is 1. The molecule has 0 aromatic heterocycles. The molecule has 1 N–H and O–H groups in total. The zero-order chi connectivity index (χ0) is 19.7. The van der Waals surface area contributed by atoms with Crippen molar-refractivity contribution in [2.45, 2.75) is 19.8 Å². The van der Waals surface area contributed by atoms with E-state index in [0.717, 1.165) is 30.5 Å². The van der Waals surface area contributed by atoms with Crippen molar-refractivity contribution in [3.63, 3.8) is 0 Å². The zero-order valence-corrected chi connectivity index (χ0v) is 16.3. The maximum atomic E-state index is 13.4. The topological polar surface area (TPSA) is 46.2 Å². The number of hydrogen-bond donors (Lipinski definition) is 1. The van der Waals surface area contributed by atoms with Crippen LogP contribution in [-0.4, -0.2) is 18.1 Å². The maximum Gasteiger partial charge on any atom is 0.196 e. The van der Waals surface area contributed by atoms with Crippen molar-refractivity contribution in [3.05, 3.63) is 87.9 Å². The normalized spacial score (nSPS) is 12.5. The lowest BCUT2D eigenvalue weighted by Crippen LogP contribution is -2.23. The number of anilines is 1. The molecule has 0 saturated heterocycles.